The van der Waals surface area contributed by atoms with Crippen LogP contribution < -0.4 is 5.32 Å². The van der Waals surface area contributed by atoms with Crippen molar-refractivity contribution in [3.8, 4) is 11.4 Å². The Morgan fingerprint density at radius 1 is 1.26 bits per heavy atom. The summed E-state index contributed by atoms with van der Waals surface area (Å²) in [4.78, 5) is 17.1. The Hall–Kier alpha value is -2.10. The van der Waals surface area contributed by atoms with E-state index in [4.69, 9.17) is 4.98 Å². The fourth-order valence-electron chi connectivity index (χ4n) is 4.08. The van der Waals surface area contributed by atoms with E-state index >= 15 is 0 Å². The molecule has 4 rings (SSSR count). The van der Waals surface area contributed by atoms with Gasteiger partial charge >= 0.3 is 0 Å². The number of hydrogen-bond acceptors (Lipinski definition) is 3. The van der Waals surface area contributed by atoms with Crippen molar-refractivity contribution in [2.75, 3.05) is 11.9 Å². The number of ketones is 1. The molecule has 2 heterocycles. The molecule has 2 aromatic rings. The summed E-state index contributed by atoms with van der Waals surface area (Å²) in [5, 5.41) is 3.39. The SMILES string of the molecule is Cc1cn(C)c(-c2cc3c(c4c2CCC4)NCC(=O)C3(C)C)n1. The van der Waals surface area contributed by atoms with E-state index in [0.717, 1.165) is 29.9 Å². The van der Waals surface area contributed by atoms with Gasteiger partial charge in [-0.25, -0.2) is 4.98 Å². The number of nitrogens with zero attached hydrogens (tertiary/aromatic N) is 2. The minimum atomic E-state index is -0.437. The Labute approximate surface area is 136 Å². The van der Waals surface area contributed by atoms with Crippen molar-refractivity contribution in [2.24, 2.45) is 7.05 Å². The maximum absolute atomic E-state index is 12.4. The van der Waals surface area contributed by atoms with E-state index in [0.29, 0.717) is 6.54 Å². The van der Waals surface area contributed by atoms with Gasteiger partial charge in [0.25, 0.3) is 0 Å². The molecule has 1 aliphatic carbocycles. The van der Waals surface area contributed by atoms with Crippen molar-refractivity contribution < 1.29 is 4.79 Å². The number of rotatable bonds is 1. The van der Waals surface area contributed by atoms with Crippen LogP contribution in [0.3, 0.4) is 0 Å². The molecule has 0 unspecified atom stereocenters. The number of anilines is 1. The minimum Gasteiger partial charge on any atom is -0.377 e. The third kappa shape index (κ3) is 1.97. The van der Waals surface area contributed by atoms with Gasteiger partial charge < -0.3 is 9.88 Å². The summed E-state index contributed by atoms with van der Waals surface area (Å²) < 4.78 is 2.10. The molecule has 0 bridgehead atoms. The number of nitrogens with one attached hydrogen (secondary N) is 1. The quantitative estimate of drug-likeness (QED) is 0.880. The second-order valence-corrected chi connectivity index (χ2v) is 7.38. The monoisotopic (exact) mass is 309 g/mol. The molecule has 0 spiro atoms. The number of carbonyl (C=O) groups is 1. The van der Waals surface area contributed by atoms with Gasteiger partial charge in [0, 0.05) is 24.5 Å². The van der Waals surface area contributed by atoms with Crippen molar-refractivity contribution in [2.45, 2.75) is 45.4 Å². The number of aromatic nitrogens is 2. The van der Waals surface area contributed by atoms with Gasteiger partial charge in [0.1, 0.15) is 5.82 Å². The lowest BCUT2D eigenvalue weighted by Crippen LogP contribution is -2.39. The predicted octanol–water partition coefficient (Wildman–Crippen LogP) is 3.16. The highest BCUT2D eigenvalue weighted by atomic mass is 16.1. The van der Waals surface area contributed by atoms with Crippen LogP contribution in [0.2, 0.25) is 0 Å². The number of aryl methyl sites for hydroxylation is 2. The molecule has 1 aromatic heterocycles. The molecular weight excluding hydrogens is 286 g/mol. The van der Waals surface area contributed by atoms with Gasteiger partial charge in [0.05, 0.1) is 17.7 Å². The molecule has 0 atom stereocenters. The molecule has 23 heavy (non-hydrogen) atoms. The molecular formula is C19H23N3O. The number of benzene rings is 1. The lowest BCUT2D eigenvalue weighted by Gasteiger charge is -2.34. The highest BCUT2D eigenvalue weighted by Crippen LogP contribution is 2.45. The summed E-state index contributed by atoms with van der Waals surface area (Å²) in [5.41, 5.74) is 6.94. The molecule has 1 aromatic carbocycles. The minimum absolute atomic E-state index is 0.255. The lowest BCUT2D eigenvalue weighted by atomic mass is 9.75. The van der Waals surface area contributed by atoms with E-state index < -0.39 is 5.41 Å². The van der Waals surface area contributed by atoms with E-state index in [1.807, 2.05) is 27.8 Å². The Kier molecular flexibility index (Phi) is 2.96. The van der Waals surface area contributed by atoms with Gasteiger partial charge in [0.15, 0.2) is 5.78 Å². The van der Waals surface area contributed by atoms with E-state index in [1.54, 1.807) is 0 Å². The zero-order valence-electron chi connectivity index (χ0n) is 14.3. The summed E-state index contributed by atoms with van der Waals surface area (Å²) in [6.07, 6.45) is 5.43. The zero-order valence-corrected chi connectivity index (χ0v) is 14.3. The van der Waals surface area contributed by atoms with Gasteiger partial charge in [-0.2, -0.15) is 0 Å². The third-order valence-electron chi connectivity index (χ3n) is 5.44. The lowest BCUT2D eigenvalue weighted by molar-refractivity contribution is -0.122. The number of fused-ring (bicyclic) bond motifs is 3. The van der Waals surface area contributed by atoms with E-state index in [9.17, 15) is 4.79 Å². The van der Waals surface area contributed by atoms with Gasteiger partial charge in [-0.05, 0) is 62.8 Å². The molecule has 0 saturated carbocycles. The molecule has 0 saturated heterocycles. The van der Waals surface area contributed by atoms with Gasteiger partial charge in [-0.15, -0.1) is 0 Å². The molecule has 4 nitrogen and oxygen atoms in total. The average molecular weight is 309 g/mol. The van der Waals surface area contributed by atoms with Crippen LogP contribution in [0.1, 0.15) is 42.7 Å². The fraction of sp³-hybridized carbons (Fsp3) is 0.474. The Balaban J connectivity index is 2.02. The van der Waals surface area contributed by atoms with Crippen LogP contribution in [0.4, 0.5) is 5.69 Å². The summed E-state index contributed by atoms with van der Waals surface area (Å²) in [6, 6.07) is 2.21. The number of carbonyl (C=O) groups excluding carboxylic acids is 1. The molecule has 2 aliphatic rings. The van der Waals surface area contributed by atoms with E-state index in [1.165, 1.54) is 28.8 Å². The largest absolute Gasteiger partial charge is 0.377 e. The van der Waals surface area contributed by atoms with Crippen LogP contribution in [0.5, 0.6) is 0 Å². The maximum atomic E-state index is 12.4. The fourth-order valence-corrected chi connectivity index (χ4v) is 4.08. The van der Waals surface area contributed by atoms with Crippen LogP contribution in [0, 0.1) is 6.92 Å². The normalized spacial score (nSPS) is 18.5. The second-order valence-electron chi connectivity index (χ2n) is 7.38. The van der Waals surface area contributed by atoms with Gasteiger partial charge in [-0.1, -0.05) is 0 Å². The predicted molar refractivity (Wildman–Crippen MR) is 91.9 cm³/mol. The van der Waals surface area contributed by atoms with Crippen molar-refractivity contribution in [1.82, 2.24) is 9.55 Å². The van der Waals surface area contributed by atoms with Crippen molar-refractivity contribution in [3.05, 3.63) is 34.6 Å². The van der Waals surface area contributed by atoms with Gasteiger partial charge in [-0.3, -0.25) is 4.79 Å². The highest BCUT2D eigenvalue weighted by Gasteiger charge is 2.38. The van der Waals surface area contributed by atoms with Crippen LogP contribution in [-0.2, 0) is 30.1 Å². The molecule has 0 radical (unpaired) electrons. The average Bonchev–Trinajstić information content (AvgIpc) is 3.09. The van der Waals surface area contributed by atoms with Crippen molar-refractivity contribution in [1.29, 1.82) is 0 Å². The molecule has 120 valence electrons. The zero-order chi connectivity index (χ0) is 16.4. The first-order valence-electron chi connectivity index (χ1n) is 8.36. The first-order chi connectivity index (χ1) is 10.9. The highest BCUT2D eigenvalue weighted by molar-refractivity contribution is 5.98. The molecule has 4 heteroatoms. The standard InChI is InChI=1S/C19H23N3O/c1-11-10-22(4)18(21-11)14-8-15-17(13-7-5-6-12(13)14)20-9-16(23)19(15,2)3/h8,10,20H,5-7,9H2,1-4H3. The number of imidazole rings is 1. The summed E-state index contributed by atoms with van der Waals surface area (Å²) in [6.45, 7) is 6.55. The maximum Gasteiger partial charge on any atom is 0.161 e. The molecule has 0 amide bonds. The van der Waals surface area contributed by atoms with Crippen LogP contribution in [0.25, 0.3) is 11.4 Å². The first kappa shape index (κ1) is 14.5. The van der Waals surface area contributed by atoms with Crippen LogP contribution >= 0.6 is 0 Å². The Morgan fingerprint density at radius 3 is 2.70 bits per heavy atom. The number of Topliss-reactive ketones (excluding diaryl/α,β-unsaturated/α-hetero) is 1. The third-order valence-corrected chi connectivity index (χ3v) is 5.44. The van der Waals surface area contributed by atoms with Crippen molar-refractivity contribution >= 4 is 11.5 Å². The second kappa shape index (κ2) is 4.70. The Morgan fingerprint density at radius 2 is 2.00 bits per heavy atom. The summed E-state index contributed by atoms with van der Waals surface area (Å²) >= 11 is 0. The van der Waals surface area contributed by atoms with Crippen LogP contribution in [-0.4, -0.2) is 21.9 Å². The van der Waals surface area contributed by atoms with E-state index in [-0.39, 0.29) is 5.78 Å². The Bertz CT molecular complexity index is 830. The molecule has 0 fully saturated rings. The topological polar surface area (TPSA) is 46.9 Å². The molecule has 1 aliphatic heterocycles. The first-order valence-corrected chi connectivity index (χ1v) is 8.36. The van der Waals surface area contributed by atoms with Crippen LogP contribution in [0.15, 0.2) is 12.3 Å². The molecule has 1 N–H and O–H groups in total. The van der Waals surface area contributed by atoms with Gasteiger partial charge in [0.2, 0.25) is 0 Å². The smallest absolute Gasteiger partial charge is 0.161 e. The summed E-state index contributed by atoms with van der Waals surface area (Å²) in [5.74, 6) is 1.27. The van der Waals surface area contributed by atoms with E-state index in [2.05, 4.69) is 22.1 Å². The summed E-state index contributed by atoms with van der Waals surface area (Å²) in [7, 11) is 2.05. The number of hydrogen-bond donors (Lipinski definition) is 1. The van der Waals surface area contributed by atoms with Crippen molar-refractivity contribution in [3.63, 3.8) is 0 Å².